The maximum absolute atomic E-state index is 13.4. The van der Waals surface area contributed by atoms with Crippen LogP contribution in [-0.2, 0) is 9.63 Å². The summed E-state index contributed by atoms with van der Waals surface area (Å²) in [5.41, 5.74) is -0.216. The Kier molecular flexibility index (Phi) is 5.58. The number of rotatable bonds is 4. The van der Waals surface area contributed by atoms with E-state index in [1.54, 1.807) is 6.07 Å². The minimum Gasteiger partial charge on any atom is -0.326 e. The van der Waals surface area contributed by atoms with Gasteiger partial charge in [0.25, 0.3) is 0 Å². The molecule has 4 rings (SSSR count). The van der Waals surface area contributed by atoms with E-state index in [1.165, 1.54) is 36.4 Å². The molecule has 8 heteroatoms. The number of hydrogen-bond acceptors (Lipinski definition) is 4. The average molecular weight is 477 g/mol. The predicted molar refractivity (Wildman–Crippen MR) is 123 cm³/mol. The molecule has 1 N–H and O–H groups in total. The number of benzene rings is 2. The lowest BCUT2D eigenvalue weighted by atomic mass is 9.64. The molecule has 168 valence electrons. The number of nitrogens with one attached hydrogen (secondary N) is 1. The molecular formula is C24H23Cl2FN2O3. The first-order valence-corrected chi connectivity index (χ1v) is 11.1. The van der Waals surface area contributed by atoms with E-state index in [4.69, 9.17) is 28.0 Å². The maximum atomic E-state index is 13.4. The van der Waals surface area contributed by atoms with Gasteiger partial charge in [-0.05, 0) is 60.7 Å². The molecule has 2 aromatic rings. The average Bonchev–Trinajstić information content (AvgIpc) is 3.04. The lowest BCUT2D eigenvalue weighted by molar-refractivity contribution is -0.130. The fraction of sp³-hybridized carbons (Fsp3) is 0.375. The molecule has 0 aromatic heterocycles. The molecule has 2 aliphatic carbocycles. The molecule has 5 nitrogen and oxygen atoms in total. The van der Waals surface area contributed by atoms with Crippen LogP contribution in [0.1, 0.15) is 50.4 Å². The van der Waals surface area contributed by atoms with Gasteiger partial charge in [0.05, 0.1) is 21.7 Å². The van der Waals surface area contributed by atoms with Crippen molar-refractivity contribution >= 4 is 46.5 Å². The monoisotopic (exact) mass is 476 g/mol. The summed E-state index contributed by atoms with van der Waals surface area (Å²) in [6, 6.07) is 10.2. The molecule has 2 atom stereocenters. The van der Waals surface area contributed by atoms with Crippen molar-refractivity contribution in [2.24, 2.45) is 21.4 Å². The third-order valence-electron chi connectivity index (χ3n) is 7.66. The van der Waals surface area contributed by atoms with Crippen molar-refractivity contribution in [1.29, 1.82) is 0 Å². The highest BCUT2D eigenvalue weighted by molar-refractivity contribution is 6.36. The van der Waals surface area contributed by atoms with E-state index < -0.39 is 22.2 Å². The molecule has 2 aromatic carbocycles. The zero-order chi connectivity index (χ0) is 23.3. The van der Waals surface area contributed by atoms with Gasteiger partial charge in [0.15, 0.2) is 0 Å². The molecule has 2 bridgehead atoms. The third kappa shape index (κ3) is 3.41. The van der Waals surface area contributed by atoms with Crippen LogP contribution in [0.15, 0.2) is 47.6 Å². The van der Waals surface area contributed by atoms with Crippen LogP contribution in [0.25, 0.3) is 0 Å². The van der Waals surface area contributed by atoms with E-state index in [0.717, 1.165) is 6.42 Å². The van der Waals surface area contributed by atoms with Crippen LogP contribution < -0.4 is 5.32 Å². The summed E-state index contributed by atoms with van der Waals surface area (Å²) in [6.45, 7) is 6.14. The molecular weight excluding hydrogens is 454 g/mol. The molecule has 0 radical (unpaired) electrons. The number of amides is 1. The van der Waals surface area contributed by atoms with Crippen LogP contribution in [-0.4, -0.2) is 17.6 Å². The van der Waals surface area contributed by atoms with Crippen LogP contribution in [0.4, 0.5) is 10.1 Å². The van der Waals surface area contributed by atoms with E-state index in [9.17, 15) is 14.0 Å². The van der Waals surface area contributed by atoms with Crippen LogP contribution in [0.3, 0.4) is 0 Å². The van der Waals surface area contributed by atoms with Crippen molar-refractivity contribution in [1.82, 2.24) is 0 Å². The van der Waals surface area contributed by atoms with Gasteiger partial charge in [-0.2, -0.15) is 0 Å². The van der Waals surface area contributed by atoms with Crippen LogP contribution in [0.2, 0.25) is 10.0 Å². The number of fused-ring (bicyclic) bond motifs is 2. The Morgan fingerprint density at radius 1 is 1.06 bits per heavy atom. The largest absolute Gasteiger partial charge is 0.367 e. The summed E-state index contributed by atoms with van der Waals surface area (Å²) in [4.78, 5) is 31.2. The van der Waals surface area contributed by atoms with Crippen molar-refractivity contribution in [2.45, 2.75) is 40.0 Å². The molecule has 0 saturated heterocycles. The molecule has 2 unspecified atom stereocenters. The summed E-state index contributed by atoms with van der Waals surface area (Å²) >= 11 is 12.0. The number of nitrogens with zero attached hydrogens (tertiary/aromatic N) is 1. The highest BCUT2D eigenvalue weighted by Gasteiger charge is 2.71. The number of oxime groups is 1. The van der Waals surface area contributed by atoms with Crippen molar-refractivity contribution in [2.75, 3.05) is 5.32 Å². The summed E-state index contributed by atoms with van der Waals surface area (Å²) in [5, 5.41) is 7.72. The minimum atomic E-state index is -0.723. The van der Waals surface area contributed by atoms with E-state index >= 15 is 0 Å². The van der Waals surface area contributed by atoms with Gasteiger partial charge < -0.3 is 10.2 Å². The van der Waals surface area contributed by atoms with Crippen molar-refractivity contribution < 1.29 is 18.8 Å². The van der Waals surface area contributed by atoms with Gasteiger partial charge >= 0.3 is 5.97 Å². The number of carbonyl (C=O) groups excluding carboxylic acids is 2. The molecule has 2 saturated carbocycles. The molecule has 1 amide bonds. The van der Waals surface area contributed by atoms with Crippen molar-refractivity contribution in [3.8, 4) is 0 Å². The van der Waals surface area contributed by atoms with Crippen LogP contribution >= 0.6 is 23.2 Å². The summed E-state index contributed by atoms with van der Waals surface area (Å²) < 4.78 is 13.2. The van der Waals surface area contributed by atoms with Gasteiger partial charge in [0.1, 0.15) is 5.82 Å². The Morgan fingerprint density at radius 3 is 2.41 bits per heavy atom. The fourth-order valence-corrected chi connectivity index (χ4v) is 5.59. The molecule has 0 spiro atoms. The number of carbonyl (C=O) groups is 2. The number of hydrogen-bond donors (Lipinski definition) is 1. The maximum Gasteiger partial charge on any atom is 0.367 e. The number of halogens is 3. The summed E-state index contributed by atoms with van der Waals surface area (Å²) in [7, 11) is 0. The Morgan fingerprint density at radius 2 is 1.75 bits per heavy atom. The predicted octanol–water partition coefficient (Wildman–Crippen LogP) is 6.50. The van der Waals surface area contributed by atoms with E-state index in [-0.39, 0.29) is 22.3 Å². The molecule has 0 heterocycles. The van der Waals surface area contributed by atoms with Crippen molar-refractivity contribution in [3.05, 3.63) is 63.9 Å². The topological polar surface area (TPSA) is 67.8 Å². The SMILES string of the molecule is CC12CCC(C(=O)Nc3ccc(F)cc3)(C/C1=N\OC(=O)c1ccc(Cl)cc1Cl)C2(C)C. The summed E-state index contributed by atoms with van der Waals surface area (Å²) in [6.07, 6.45) is 1.78. The fourth-order valence-electron chi connectivity index (χ4n) is 5.11. The Balaban J connectivity index is 1.59. The van der Waals surface area contributed by atoms with Crippen molar-refractivity contribution in [3.63, 3.8) is 0 Å². The zero-order valence-corrected chi connectivity index (χ0v) is 19.5. The van der Waals surface area contributed by atoms with Gasteiger partial charge in [-0.3, -0.25) is 4.79 Å². The van der Waals surface area contributed by atoms with Gasteiger partial charge in [-0.15, -0.1) is 0 Å². The molecule has 2 aliphatic rings. The normalized spacial score (nSPS) is 26.9. The van der Waals surface area contributed by atoms with E-state index in [2.05, 4.69) is 17.4 Å². The molecule has 32 heavy (non-hydrogen) atoms. The van der Waals surface area contributed by atoms with Gasteiger partial charge in [-0.25, -0.2) is 9.18 Å². The quantitative estimate of drug-likeness (QED) is 0.404. The number of anilines is 1. The van der Waals surface area contributed by atoms with E-state index in [0.29, 0.717) is 29.3 Å². The second-order valence-corrected chi connectivity index (χ2v) is 10.1. The standard InChI is InChI=1S/C24H23Cl2FN2O3/c1-22(2)23(3)10-11-24(22,21(31)28-16-7-5-15(27)6-8-16)13-19(23)29-32-20(30)17-9-4-14(25)12-18(17)26/h4-9,12H,10-11,13H2,1-3H3,(H,28,31)/b29-19+. The highest BCUT2D eigenvalue weighted by Crippen LogP contribution is 2.71. The highest BCUT2D eigenvalue weighted by atomic mass is 35.5. The van der Waals surface area contributed by atoms with Crippen LogP contribution in [0.5, 0.6) is 0 Å². The van der Waals surface area contributed by atoms with Gasteiger partial charge in [0, 0.05) is 22.5 Å². The zero-order valence-electron chi connectivity index (χ0n) is 18.0. The lowest BCUT2D eigenvalue weighted by Gasteiger charge is -2.39. The molecule has 0 aliphatic heterocycles. The Hall–Kier alpha value is -2.44. The second kappa shape index (κ2) is 7.85. The smallest absolute Gasteiger partial charge is 0.326 e. The Bertz CT molecular complexity index is 1130. The second-order valence-electron chi connectivity index (χ2n) is 9.22. The van der Waals surface area contributed by atoms with Gasteiger partial charge in [-0.1, -0.05) is 49.1 Å². The first-order chi connectivity index (χ1) is 15.0. The third-order valence-corrected chi connectivity index (χ3v) is 8.21. The minimum absolute atomic E-state index is 0.143. The first-order valence-electron chi connectivity index (χ1n) is 10.3. The van der Waals surface area contributed by atoms with E-state index in [1.807, 2.05) is 13.8 Å². The van der Waals surface area contributed by atoms with Crippen LogP contribution in [0, 0.1) is 22.1 Å². The Labute approximate surface area is 195 Å². The van der Waals surface area contributed by atoms with Gasteiger partial charge in [0.2, 0.25) is 5.91 Å². The molecule has 2 fully saturated rings. The summed E-state index contributed by atoms with van der Waals surface area (Å²) in [5.74, 6) is -1.20. The lowest BCUT2D eigenvalue weighted by Crippen LogP contribution is -2.43. The first kappa shape index (κ1) is 22.7.